The minimum absolute atomic E-state index is 0.100. The molecule has 1 heterocycles. The molecule has 1 aliphatic heterocycles. The Labute approximate surface area is 132 Å². The molecule has 120 valence electrons. The van der Waals surface area contributed by atoms with Crippen LogP contribution in [-0.4, -0.2) is 32.2 Å². The Morgan fingerprint density at radius 1 is 1.04 bits per heavy atom. The SMILES string of the molecule is O=C(Nc1cc(N2CCOCC2)ccc1F)c1ccc(F)cc1. The zero-order valence-electron chi connectivity index (χ0n) is 12.4. The van der Waals surface area contributed by atoms with Crippen molar-refractivity contribution in [1.29, 1.82) is 0 Å². The average molecular weight is 318 g/mol. The molecule has 23 heavy (non-hydrogen) atoms. The number of morpholine rings is 1. The van der Waals surface area contributed by atoms with Crippen molar-refractivity contribution in [2.24, 2.45) is 0 Å². The Balaban J connectivity index is 1.78. The molecule has 6 heteroatoms. The van der Waals surface area contributed by atoms with Gasteiger partial charge in [0.05, 0.1) is 18.9 Å². The molecular weight excluding hydrogens is 302 g/mol. The highest BCUT2D eigenvalue weighted by molar-refractivity contribution is 6.04. The van der Waals surface area contributed by atoms with Crippen molar-refractivity contribution in [1.82, 2.24) is 0 Å². The lowest BCUT2D eigenvalue weighted by atomic mass is 10.2. The van der Waals surface area contributed by atoms with Crippen LogP contribution in [0.25, 0.3) is 0 Å². The monoisotopic (exact) mass is 318 g/mol. The van der Waals surface area contributed by atoms with Gasteiger partial charge >= 0.3 is 0 Å². The third-order valence-corrected chi connectivity index (χ3v) is 3.68. The van der Waals surface area contributed by atoms with Crippen LogP contribution in [0.15, 0.2) is 42.5 Å². The van der Waals surface area contributed by atoms with E-state index >= 15 is 0 Å². The zero-order chi connectivity index (χ0) is 16.2. The van der Waals surface area contributed by atoms with Gasteiger partial charge in [0.2, 0.25) is 0 Å². The van der Waals surface area contributed by atoms with Crippen molar-refractivity contribution in [3.8, 4) is 0 Å². The zero-order valence-corrected chi connectivity index (χ0v) is 12.4. The summed E-state index contributed by atoms with van der Waals surface area (Å²) in [6.45, 7) is 2.68. The Hall–Kier alpha value is -2.47. The van der Waals surface area contributed by atoms with E-state index in [4.69, 9.17) is 4.74 Å². The number of rotatable bonds is 3. The summed E-state index contributed by atoms with van der Waals surface area (Å²) in [5, 5.41) is 2.53. The minimum atomic E-state index is -0.516. The molecule has 0 atom stereocenters. The largest absolute Gasteiger partial charge is 0.378 e. The van der Waals surface area contributed by atoms with Crippen LogP contribution in [0.5, 0.6) is 0 Å². The van der Waals surface area contributed by atoms with Gasteiger partial charge in [-0.25, -0.2) is 8.78 Å². The fourth-order valence-electron chi connectivity index (χ4n) is 2.42. The van der Waals surface area contributed by atoms with Crippen molar-refractivity contribution < 1.29 is 18.3 Å². The molecule has 0 spiro atoms. The maximum atomic E-state index is 14.0. The van der Waals surface area contributed by atoms with E-state index in [1.165, 1.54) is 30.3 Å². The lowest BCUT2D eigenvalue weighted by molar-refractivity contribution is 0.102. The summed E-state index contributed by atoms with van der Waals surface area (Å²) < 4.78 is 32.1. The van der Waals surface area contributed by atoms with Gasteiger partial charge in [0.1, 0.15) is 11.6 Å². The number of nitrogens with zero attached hydrogens (tertiary/aromatic N) is 1. The number of ether oxygens (including phenoxy) is 1. The molecule has 1 saturated heterocycles. The topological polar surface area (TPSA) is 41.6 Å². The molecule has 1 fully saturated rings. The molecule has 0 saturated carbocycles. The first kappa shape index (κ1) is 15.4. The van der Waals surface area contributed by atoms with E-state index in [9.17, 15) is 13.6 Å². The summed E-state index contributed by atoms with van der Waals surface area (Å²) in [4.78, 5) is 14.2. The van der Waals surface area contributed by atoms with Gasteiger partial charge in [0.15, 0.2) is 0 Å². The third-order valence-electron chi connectivity index (χ3n) is 3.68. The normalized spacial score (nSPS) is 14.6. The Bertz CT molecular complexity index is 698. The van der Waals surface area contributed by atoms with Crippen molar-refractivity contribution in [3.05, 3.63) is 59.7 Å². The van der Waals surface area contributed by atoms with Crippen LogP contribution >= 0.6 is 0 Å². The Morgan fingerprint density at radius 3 is 2.43 bits per heavy atom. The lowest BCUT2D eigenvalue weighted by Crippen LogP contribution is -2.36. The van der Waals surface area contributed by atoms with Gasteiger partial charge in [-0.05, 0) is 42.5 Å². The molecular formula is C17H16F2N2O2. The second-order valence-corrected chi connectivity index (χ2v) is 5.22. The van der Waals surface area contributed by atoms with Crippen molar-refractivity contribution in [3.63, 3.8) is 0 Å². The second-order valence-electron chi connectivity index (χ2n) is 5.22. The Morgan fingerprint density at radius 2 is 1.74 bits per heavy atom. The molecule has 1 amide bonds. The summed E-state index contributed by atoms with van der Waals surface area (Å²) in [5.41, 5.74) is 1.19. The molecule has 0 unspecified atom stereocenters. The summed E-state index contributed by atoms with van der Waals surface area (Å²) in [7, 11) is 0. The van der Waals surface area contributed by atoms with Crippen LogP contribution in [-0.2, 0) is 4.74 Å². The van der Waals surface area contributed by atoms with Crippen LogP contribution < -0.4 is 10.2 Å². The number of nitrogens with one attached hydrogen (secondary N) is 1. The van der Waals surface area contributed by atoms with Crippen LogP contribution in [0.4, 0.5) is 20.2 Å². The van der Waals surface area contributed by atoms with E-state index in [0.29, 0.717) is 13.2 Å². The number of amides is 1. The standard InChI is InChI=1S/C17H16F2N2O2/c18-13-3-1-12(2-4-13)17(22)20-16-11-14(5-6-15(16)19)21-7-9-23-10-8-21/h1-6,11H,7-10H2,(H,20,22). The van der Waals surface area contributed by atoms with Crippen LogP contribution in [0.2, 0.25) is 0 Å². The van der Waals surface area contributed by atoms with Crippen LogP contribution in [0.1, 0.15) is 10.4 Å². The molecule has 1 N–H and O–H groups in total. The number of carbonyl (C=O) groups is 1. The lowest BCUT2D eigenvalue weighted by Gasteiger charge is -2.29. The van der Waals surface area contributed by atoms with E-state index in [-0.39, 0.29) is 11.3 Å². The number of benzene rings is 2. The van der Waals surface area contributed by atoms with Gasteiger partial charge in [-0.15, -0.1) is 0 Å². The average Bonchev–Trinajstić information content (AvgIpc) is 2.58. The number of anilines is 2. The van der Waals surface area contributed by atoms with Crippen molar-refractivity contribution in [2.45, 2.75) is 0 Å². The first-order valence-electron chi connectivity index (χ1n) is 7.32. The molecule has 0 radical (unpaired) electrons. The summed E-state index contributed by atoms with van der Waals surface area (Å²) >= 11 is 0. The predicted octanol–water partition coefficient (Wildman–Crippen LogP) is 3.05. The number of carbonyl (C=O) groups excluding carboxylic acids is 1. The van der Waals surface area contributed by atoms with Crippen LogP contribution in [0, 0.1) is 11.6 Å². The second kappa shape index (κ2) is 6.75. The van der Waals surface area contributed by atoms with E-state index in [0.717, 1.165) is 18.8 Å². The minimum Gasteiger partial charge on any atom is -0.378 e. The van der Waals surface area contributed by atoms with Crippen LogP contribution in [0.3, 0.4) is 0 Å². The molecule has 0 bridgehead atoms. The van der Waals surface area contributed by atoms with Crippen molar-refractivity contribution in [2.75, 3.05) is 36.5 Å². The highest BCUT2D eigenvalue weighted by Gasteiger charge is 2.15. The summed E-state index contributed by atoms with van der Waals surface area (Å²) in [6, 6.07) is 9.69. The highest BCUT2D eigenvalue weighted by atomic mass is 19.1. The molecule has 4 nitrogen and oxygen atoms in total. The van der Waals surface area contributed by atoms with E-state index in [2.05, 4.69) is 10.2 Å². The smallest absolute Gasteiger partial charge is 0.255 e. The highest BCUT2D eigenvalue weighted by Crippen LogP contribution is 2.24. The number of hydrogen-bond donors (Lipinski definition) is 1. The summed E-state index contributed by atoms with van der Waals surface area (Å²) in [5.74, 6) is -1.43. The molecule has 0 aliphatic carbocycles. The van der Waals surface area contributed by atoms with Gasteiger partial charge in [0, 0.05) is 24.3 Å². The fraction of sp³-hybridized carbons (Fsp3) is 0.235. The van der Waals surface area contributed by atoms with E-state index < -0.39 is 17.5 Å². The van der Waals surface area contributed by atoms with Gasteiger partial charge < -0.3 is 15.0 Å². The predicted molar refractivity (Wildman–Crippen MR) is 83.8 cm³/mol. The maximum absolute atomic E-state index is 14.0. The molecule has 2 aromatic carbocycles. The van der Waals surface area contributed by atoms with Crippen molar-refractivity contribution >= 4 is 17.3 Å². The van der Waals surface area contributed by atoms with E-state index in [1.54, 1.807) is 12.1 Å². The molecule has 3 rings (SSSR count). The van der Waals surface area contributed by atoms with Gasteiger partial charge in [-0.3, -0.25) is 4.79 Å². The third kappa shape index (κ3) is 3.65. The molecule has 1 aliphatic rings. The molecule has 0 aromatic heterocycles. The quantitative estimate of drug-likeness (QED) is 0.946. The number of halogens is 2. The first-order chi connectivity index (χ1) is 11.1. The molecule has 2 aromatic rings. The number of hydrogen-bond acceptors (Lipinski definition) is 3. The first-order valence-corrected chi connectivity index (χ1v) is 7.32. The fourth-order valence-corrected chi connectivity index (χ4v) is 2.42. The van der Waals surface area contributed by atoms with E-state index in [1.807, 2.05) is 0 Å². The van der Waals surface area contributed by atoms with Gasteiger partial charge in [-0.2, -0.15) is 0 Å². The summed E-state index contributed by atoms with van der Waals surface area (Å²) in [6.07, 6.45) is 0. The van der Waals surface area contributed by atoms with Gasteiger partial charge in [0.25, 0.3) is 5.91 Å². The van der Waals surface area contributed by atoms with Gasteiger partial charge in [-0.1, -0.05) is 0 Å². The maximum Gasteiger partial charge on any atom is 0.255 e. The Kier molecular flexibility index (Phi) is 4.52.